The number of hydrogen-bond acceptors (Lipinski definition) is 4. The van der Waals surface area contributed by atoms with Gasteiger partial charge in [-0.25, -0.2) is 4.79 Å². The highest BCUT2D eigenvalue weighted by Gasteiger charge is 2.38. The van der Waals surface area contributed by atoms with E-state index < -0.39 is 41.4 Å². The second kappa shape index (κ2) is 4.91. The molecule has 0 unspecified atom stereocenters. The molecule has 6 nitrogen and oxygen atoms in total. The lowest BCUT2D eigenvalue weighted by Gasteiger charge is -2.22. The maximum Gasteiger partial charge on any atom is 0.423 e. The summed E-state index contributed by atoms with van der Waals surface area (Å²) in [5.41, 5.74) is -5.69. The van der Waals surface area contributed by atoms with Crippen molar-refractivity contribution in [1.29, 1.82) is 0 Å². The zero-order valence-electron chi connectivity index (χ0n) is 10.3. The first-order valence-corrected chi connectivity index (χ1v) is 5.61. The molecule has 21 heavy (non-hydrogen) atoms. The molecule has 0 fully saturated rings. The van der Waals surface area contributed by atoms with Crippen molar-refractivity contribution in [3.8, 4) is 12.3 Å². The van der Waals surface area contributed by atoms with Crippen LogP contribution in [0.15, 0.2) is 27.9 Å². The highest BCUT2D eigenvalue weighted by atomic mass is 19.4. The Balaban J connectivity index is 2.49. The van der Waals surface area contributed by atoms with Crippen molar-refractivity contribution in [3.63, 3.8) is 0 Å². The van der Waals surface area contributed by atoms with Crippen molar-refractivity contribution in [3.05, 3.63) is 44.8 Å². The van der Waals surface area contributed by atoms with Crippen LogP contribution >= 0.6 is 0 Å². The van der Waals surface area contributed by atoms with Gasteiger partial charge in [0.05, 0.1) is 6.61 Å². The second-order valence-electron chi connectivity index (χ2n) is 4.27. The molecule has 0 aromatic carbocycles. The van der Waals surface area contributed by atoms with Gasteiger partial charge in [-0.2, -0.15) is 13.2 Å². The van der Waals surface area contributed by atoms with Crippen LogP contribution in [0.2, 0.25) is 0 Å². The smallest absolute Gasteiger partial charge is 0.392 e. The number of nitrogens with zero attached hydrogens (tertiary/aromatic N) is 1. The van der Waals surface area contributed by atoms with Crippen molar-refractivity contribution in [1.82, 2.24) is 9.55 Å². The molecule has 1 aliphatic heterocycles. The second-order valence-corrected chi connectivity index (χ2v) is 4.27. The lowest BCUT2D eigenvalue weighted by atomic mass is 10.1. The third-order valence-corrected chi connectivity index (χ3v) is 2.89. The topological polar surface area (TPSA) is 84.3 Å². The van der Waals surface area contributed by atoms with Crippen molar-refractivity contribution < 1.29 is 23.0 Å². The third kappa shape index (κ3) is 2.63. The largest absolute Gasteiger partial charge is 0.423 e. The van der Waals surface area contributed by atoms with E-state index in [1.165, 1.54) is 12.2 Å². The third-order valence-electron chi connectivity index (χ3n) is 2.89. The molecule has 0 spiro atoms. The molecule has 0 saturated carbocycles. The predicted molar refractivity (Wildman–Crippen MR) is 64.2 cm³/mol. The Morgan fingerprint density at radius 3 is 2.67 bits per heavy atom. The van der Waals surface area contributed by atoms with E-state index in [2.05, 4.69) is 5.92 Å². The van der Waals surface area contributed by atoms with Crippen LogP contribution in [-0.2, 0) is 10.9 Å². The maximum atomic E-state index is 12.7. The molecule has 0 aliphatic carbocycles. The number of nitrogens with one attached hydrogen (secondary N) is 1. The Hall–Kier alpha value is -2.31. The summed E-state index contributed by atoms with van der Waals surface area (Å²) in [5.74, 6) is 2.13. The number of H-pyrrole nitrogens is 1. The molecule has 0 saturated heterocycles. The van der Waals surface area contributed by atoms with Gasteiger partial charge in [0.15, 0.2) is 11.8 Å². The molecule has 1 aliphatic rings. The fourth-order valence-electron chi connectivity index (χ4n) is 1.78. The molecule has 1 aromatic heterocycles. The standard InChI is InChI=1S/C12H9F3N2O4/c1-2-11(6-18)4-3-8(21-11)17-5-7(12(13,14)15)9(19)16-10(17)20/h1,3-5,8,18H,6H2,(H,16,19,20)/t8-,11+/m1/s1. The molecule has 1 aromatic rings. The van der Waals surface area contributed by atoms with Crippen molar-refractivity contribution >= 4 is 0 Å². The Labute approximate surface area is 115 Å². The minimum atomic E-state index is -4.93. The lowest BCUT2D eigenvalue weighted by molar-refractivity contribution is -0.139. The number of hydrogen-bond donors (Lipinski definition) is 2. The van der Waals surface area contributed by atoms with Crippen molar-refractivity contribution in [2.75, 3.05) is 6.61 Å². The van der Waals surface area contributed by atoms with Crippen LogP contribution < -0.4 is 11.2 Å². The number of aromatic nitrogens is 2. The molecular formula is C12H9F3N2O4. The van der Waals surface area contributed by atoms with Gasteiger partial charge in [-0.3, -0.25) is 14.3 Å². The number of terminal acetylenes is 1. The predicted octanol–water partition coefficient (Wildman–Crippen LogP) is 0.00470. The van der Waals surface area contributed by atoms with E-state index in [1.54, 1.807) is 4.98 Å². The van der Waals surface area contributed by atoms with Gasteiger partial charge in [0, 0.05) is 6.20 Å². The van der Waals surface area contributed by atoms with E-state index in [0.717, 1.165) is 0 Å². The Morgan fingerprint density at radius 1 is 1.52 bits per heavy atom. The molecule has 0 bridgehead atoms. The van der Waals surface area contributed by atoms with Gasteiger partial charge in [0.2, 0.25) is 0 Å². The Kier molecular flexibility index (Phi) is 3.52. The first kappa shape index (κ1) is 15.1. The van der Waals surface area contributed by atoms with Gasteiger partial charge in [0.1, 0.15) is 5.56 Å². The fourth-order valence-corrected chi connectivity index (χ4v) is 1.78. The fraction of sp³-hybridized carbons (Fsp3) is 0.333. The summed E-state index contributed by atoms with van der Waals surface area (Å²) in [7, 11) is 0. The van der Waals surface area contributed by atoms with E-state index in [9.17, 15) is 22.8 Å². The molecule has 2 heterocycles. The average Bonchev–Trinajstić information content (AvgIpc) is 2.82. The monoisotopic (exact) mass is 302 g/mol. The van der Waals surface area contributed by atoms with Crippen LogP contribution in [0.25, 0.3) is 0 Å². The van der Waals surface area contributed by atoms with Gasteiger partial charge in [-0.15, -0.1) is 6.42 Å². The van der Waals surface area contributed by atoms with E-state index in [1.807, 2.05) is 0 Å². The molecule has 2 N–H and O–H groups in total. The van der Waals surface area contributed by atoms with Gasteiger partial charge in [-0.1, -0.05) is 5.92 Å². The summed E-state index contributed by atoms with van der Waals surface area (Å²) in [6.45, 7) is -0.610. The minimum Gasteiger partial charge on any atom is -0.392 e. The number of ether oxygens (including phenoxy) is 1. The highest BCUT2D eigenvalue weighted by molar-refractivity contribution is 5.25. The van der Waals surface area contributed by atoms with Gasteiger partial charge < -0.3 is 9.84 Å². The summed E-state index contributed by atoms with van der Waals surface area (Å²) >= 11 is 0. The van der Waals surface area contributed by atoms with Crippen LogP contribution in [-0.4, -0.2) is 26.9 Å². The van der Waals surface area contributed by atoms with Crippen molar-refractivity contribution in [2.45, 2.75) is 18.0 Å². The quantitative estimate of drug-likeness (QED) is 0.595. The number of aliphatic hydroxyl groups is 1. The minimum absolute atomic E-state index is 0.347. The van der Waals surface area contributed by atoms with Crippen LogP contribution in [0, 0.1) is 12.3 Å². The van der Waals surface area contributed by atoms with Gasteiger partial charge in [0.25, 0.3) is 5.56 Å². The molecule has 9 heteroatoms. The Morgan fingerprint density at radius 2 is 2.19 bits per heavy atom. The zero-order valence-corrected chi connectivity index (χ0v) is 10.3. The van der Waals surface area contributed by atoms with E-state index in [-0.39, 0.29) is 0 Å². The van der Waals surface area contributed by atoms with E-state index in [4.69, 9.17) is 16.3 Å². The molecule has 2 atom stereocenters. The van der Waals surface area contributed by atoms with Crippen LogP contribution in [0.5, 0.6) is 0 Å². The molecule has 0 amide bonds. The number of rotatable bonds is 2. The number of aromatic amines is 1. The average molecular weight is 302 g/mol. The molecular weight excluding hydrogens is 293 g/mol. The van der Waals surface area contributed by atoms with Crippen molar-refractivity contribution in [2.24, 2.45) is 0 Å². The summed E-state index contributed by atoms with van der Waals surface area (Å²) in [5, 5.41) is 9.13. The Bertz CT molecular complexity index is 741. The summed E-state index contributed by atoms with van der Waals surface area (Å²) < 4.78 is 43.7. The molecule has 2 rings (SSSR count). The first-order valence-electron chi connectivity index (χ1n) is 5.61. The number of aliphatic hydroxyl groups excluding tert-OH is 1. The maximum absolute atomic E-state index is 12.7. The van der Waals surface area contributed by atoms with Gasteiger partial charge in [-0.05, 0) is 12.2 Å². The SMILES string of the molecule is C#C[C@@]1(CO)C=C[C@H](n2cc(C(F)(F)F)c(=O)[nH]c2=O)O1. The first-order chi connectivity index (χ1) is 9.72. The summed E-state index contributed by atoms with van der Waals surface area (Å²) in [6, 6.07) is 0. The van der Waals surface area contributed by atoms with Crippen LogP contribution in [0.1, 0.15) is 11.8 Å². The summed E-state index contributed by atoms with van der Waals surface area (Å²) in [4.78, 5) is 24.3. The van der Waals surface area contributed by atoms with Crippen LogP contribution in [0.4, 0.5) is 13.2 Å². The van der Waals surface area contributed by atoms with E-state index in [0.29, 0.717) is 10.8 Å². The number of halogens is 3. The van der Waals surface area contributed by atoms with Crippen LogP contribution in [0.3, 0.4) is 0 Å². The normalized spacial score (nSPS) is 25.0. The summed E-state index contributed by atoms with van der Waals surface area (Å²) in [6.07, 6.45) is 1.80. The number of alkyl halides is 3. The van der Waals surface area contributed by atoms with Gasteiger partial charge >= 0.3 is 11.9 Å². The lowest BCUT2D eigenvalue weighted by Crippen LogP contribution is -2.38. The zero-order chi connectivity index (χ0) is 15.8. The molecule has 112 valence electrons. The molecule has 0 radical (unpaired) electrons. The highest BCUT2D eigenvalue weighted by Crippen LogP contribution is 2.30. The van der Waals surface area contributed by atoms with E-state index >= 15 is 0 Å².